The second-order valence-electron chi connectivity index (χ2n) is 9.97. The molecule has 30 heavy (non-hydrogen) atoms. The Kier molecular flexibility index (Phi) is 15.3. The molecule has 0 heterocycles. The number of carbonyl (C=O) groups is 2. The highest BCUT2D eigenvalue weighted by atomic mass is 16.5. The Morgan fingerprint density at radius 2 is 1.13 bits per heavy atom. The Balaban J connectivity index is 0. The molecule has 0 aliphatic heterocycles. The molecule has 180 valence electrons. The number of rotatable bonds is 12. The number of ether oxygens (including phenoxy) is 2. The molecule has 7 heteroatoms. The normalized spacial score (nSPS) is 12.3. The van der Waals surface area contributed by atoms with Crippen LogP contribution in [-0.2, 0) is 19.1 Å². The lowest BCUT2D eigenvalue weighted by Crippen LogP contribution is -2.40. The third-order valence-electron chi connectivity index (χ3n) is 5.06. The molecule has 0 aromatic heterocycles. The summed E-state index contributed by atoms with van der Waals surface area (Å²) in [4.78, 5) is 29.5. The average Bonchev–Trinajstić information content (AvgIpc) is 2.60. The highest BCUT2D eigenvalue weighted by Gasteiger charge is 2.30. The fourth-order valence-electron chi connectivity index (χ4n) is 2.06. The van der Waals surface area contributed by atoms with Gasteiger partial charge >= 0.3 is 11.9 Å². The Bertz CT molecular complexity index is 479. The van der Waals surface area contributed by atoms with Gasteiger partial charge in [0.2, 0.25) is 0 Å². The van der Waals surface area contributed by atoms with Gasteiger partial charge < -0.3 is 24.2 Å². The number of likely N-dealkylation sites (N-methyl/N-ethyl adjacent to an activating group) is 3. The Morgan fingerprint density at radius 3 is 1.47 bits per heavy atom. The van der Waals surface area contributed by atoms with E-state index in [9.17, 15) is 9.59 Å². The molecule has 0 fully saturated rings. The highest BCUT2D eigenvalue weighted by molar-refractivity contribution is 5.76. The van der Waals surface area contributed by atoms with Gasteiger partial charge in [-0.2, -0.15) is 0 Å². The Hall–Kier alpha value is -1.18. The zero-order valence-corrected chi connectivity index (χ0v) is 21.8. The topological polar surface area (TPSA) is 62.3 Å². The molecule has 0 aromatic rings. The van der Waals surface area contributed by atoms with E-state index in [1.54, 1.807) is 0 Å². The zero-order chi connectivity index (χ0) is 24.1. The molecule has 0 aliphatic carbocycles. The summed E-state index contributed by atoms with van der Waals surface area (Å²) in [6.45, 7) is 14.4. The summed E-state index contributed by atoms with van der Waals surface area (Å²) in [6, 6.07) is 0. The molecular weight excluding hydrogens is 382 g/mol. The van der Waals surface area contributed by atoms with Crippen LogP contribution in [0.15, 0.2) is 0 Å². The molecule has 0 spiro atoms. The minimum absolute atomic E-state index is 0.0710. The third kappa shape index (κ3) is 14.7. The molecular formula is C23H49N3O4. The Morgan fingerprint density at radius 1 is 0.733 bits per heavy atom. The summed E-state index contributed by atoms with van der Waals surface area (Å²) in [5.41, 5.74) is -0.733. The lowest BCUT2D eigenvalue weighted by molar-refractivity contribution is -0.161. The lowest BCUT2D eigenvalue weighted by atomic mass is 9.90. The molecule has 0 bridgehead atoms. The highest BCUT2D eigenvalue weighted by Crippen LogP contribution is 2.22. The van der Waals surface area contributed by atoms with Crippen LogP contribution in [-0.4, -0.2) is 101 Å². The first-order valence-electron chi connectivity index (χ1n) is 10.9. The number of hydrogen-bond acceptors (Lipinski definition) is 7. The molecule has 0 rings (SSSR count). The van der Waals surface area contributed by atoms with Crippen LogP contribution < -0.4 is 0 Å². The van der Waals surface area contributed by atoms with Gasteiger partial charge in [0.1, 0.15) is 12.7 Å². The molecule has 0 aromatic carbocycles. The van der Waals surface area contributed by atoms with Crippen molar-refractivity contribution in [1.29, 1.82) is 0 Å². The second kappa shape index (κ2) is 14.8. The molecule has 0 unspecified atom stereocenters. The molecule has 0 saturated heterocycles. The SMILES string of the molecule is CCC(C)(C)C(=O)OC(CN(C)C)CN(C)C.CCC(C)(C)C(=O)OCCN(C)C. The zero-order valence-electron chi connectivity index (χ0n) is 21.8. The predicted octanol–water partition coefficient (Wildman–Crippen LogP) is 2.99. The number of esters is 2. The van der Waals surface area contributed by atoms with Crippen LogP contribution in [0, 0.1) is 10.8 Å². The first kappa shape index (κ1) is 31.0. The van der Waals surface area contributed by atoms with Crippen LogP contribution in [0.1, 0.15) is 54.4 Å². The summed E-state index contributed by atoms with van der Waals surface area (Å²) in [5.74, 6) is -0.203. The van der Waals surface area contributed by atoms with E-state index in [-0.39, 0.29) is 23.5 Å². The van der Waals surface area contributed by atoms with Gasteiger partial charge in [0.25, 0.3) is 0 Å². The van der Waals surface area contributed by atoms with E-state index in [1.807, 2.05) is 98.5 Å². The molecule has 0 aliphatic rings. The maximum absolute atomic E-state index is 12.0. The minimum Gasteiger partial charge on any atom is -0.464 e. The van der Waals surface area contributed by atoms with Crippen molar-refractivity contribution < 1.29 is 19.1 Å². The van der Waals surface area contributed by atoms with Crippen LogP contribution in [0.5, 0.6) is 0 Å². The van der Waals surface area contributed by atoms with Gasteiger partial charge in [-0.25, -0.2) is 0 Å². The molecule has 0 N–H and O–H groups in total. The van der Waals surface area contributed by atoms with Crippen molar-refractivity contribution in [3.8, 4) is 0 Å². The summed E-state index contributed by atoms with van der Waals surface area (Å²) in [5, 5.41) is 0. The first-order chi connectivity index (χ1) is 13.6. The predicted molar refractivity (Wildman–Crippen MR) is 125 cm³/mol. The van der Waals surface area contributed by atoms with Gasteiger partial charge in [0.15, 0.2) is 0 Å². The molecule has 7 nitrogen and oxygen atoms in total. The smallest absolute Gasteiger partial charge is 0.311 e. The second-order valence-corrected chi connectivity index (χ2v) is 9.97. The maximum Gasteiger partial charge on any atom is 0.311 e. The fourth-order valence-corrected chi connectivity index (χ4v) is 2.06. The number of nitrogens with zero attached hydrogens (tertiary/aromatic N) is 3. The van der Waals surface area contributed by atoms with E-state index >= 15 is 0 Å². The summed E-state index contributed by atoms with van der Waals surface area (Å²) in [7, 11) is 11.9. The van der Waals surface area contributed by atoms with Crippen LogP contribution in [0.25, 0.3) is 0 Å². The van der Waals surface area contributed by atoms with Crippen LogP contribution in [0.2, 0.25) is 0 Å². The largest absolute Gasteiger partial charge is 0.464 e. The maximum atomic E-state index is 12.0. The monoisotopic (exact) mass is 431 g/mol. The van der Waals surface area contributed by atoms with E-state index in [0.717, 1.165) is 32.5 Å². The standard InChI is InChI=1S/C13H28N2O2.C10H21NO2/c1-8-13(2,3)12(16)17-11(9-14(4)5)10-15(6)7;1-6-10(2,3)9(12)13-8-7-11(4)5/h11H,8-10H2,1-7H3;6-8H2,1-5H3. The van der Waals surface area contributed by atoms with Gasteiger partial charge in [0, 0.05) is 19.6 Å². The minimum atomic E-state index is -0.392. The van der Waals surface area contributed by atoms with Crippen molar-refractivity contribution in [1.82, 2.24) is 14.7 Å². The van der Waals surface area contributed by atoms with Gasteiger partial charge in [-0.1, -0.05) is 13.8 Å². The van der Waals surface area contributed by atoms with E-state index in [2.05, 4.69) is 0 Å². The summed E-state index contributed by atoms with van der Waals surface area (Å²) < 4.78 is 10.7. The van der Waals surface area contributed by atoms with E-state index in [1.165, 1.54) is 0 Å². The van der Waals surface area contributed by atoms with Crippen molar-refractivity contribution >= 4 is 11.9 Å². The molecule has 0 saturated carbocycles. The quantitative estimate of drug-likeness (QED) is 0.440. The van der Waals surface area contributed by atoms with Gasteiger partial charge in [-0.3, -0.25) is 9.59 Å². The summed E-state index contributed by atoms with van der Waals surface area (Å²) >= 11 is 0. The van der Waals surface area contributed by atoms with Crippen molar-refractivity contribution in [3.63, 3.8) is 0 Å². The Labute approximate surface area is 186 Å². The first-order valence-corrected chi connectivity index (χ1v) is 10.9. The van der Waals surface area contributed by atoms with E-state index in [4.69, 9.17) is 9.47 Å². The van der Waals surface area contributed by atoms with Crippen molar-refractivity contribution in [2.75, 3.05) is 68.5 Å². The van der Waals surface area contributed by atoms with Crippen molar-refractivity contribution in [2.24, 2.45) is 10.8 Å². The molecule has 0 amide bonds. The lowest BCUT2D eigenvalue weighted by Gasteiger charge is -2.28. The van der Waals surface area contributed by atoms with Gasteiger partial charge in [-0.15, -0.1) is 0 Å². The van der Waals surface area contributed by atoms with Crippen LogP contribution in [0.4, 0.5) is 0 Å². The number of carbonyl (C=O) groups excluding carboxylic acids is 2. The third-order valence-corrected chi connectivity index (χ3v) is 5.06. The van der Waals surface area contributed by atoms with Crippen molar-refractivity contribution in [3.05, 3.63) is 0 Å². The van der Waals surface area contributed by atoms with Crippen LogP contribution in [0.3, 0.4) is 0 Å². The van der Waals surface area contributed by atoms with E-state index in [0.29, 0.717) is 6.61 Å². The van der Waals surface area contributed by atoms with Gasteiger partial charge in [-0.05, 0) is 82.8 Å². The fraction of sp³-hybridized carbons (Fsp3) is 0.913. The van der Waals surface area contributed by atoms with Crippen molar-refractivity contribution in [2.45, 2.75) is 60.5 Å². The average molecular weight is 432 g/mol. The molecule has 0 radical (unpaired) electrons. The van der Waals surface area contributed by atoms with Gasteiger partial charge in [0.05, 0.1) is 10.8 Å². The van der Waals surface area contributed by atoms with E-state index < -0.39 is 5.41 Å². The summed E-state index contributed by atoms with van der Waals surface area (Å²) in [6.07, 6.45) is 1.54. The number of hydrogen-bond donors (Lipinski definition) is 0. The molecule has 0 atom stereocenters. The van der Waals surface area contributed by atoms with Crippen LogP contribution >= 0.6 is 0 Å².